The van der Waals surface area contributed by atoms with Gasteiger partial charge in [0.25, 0.3) is 5.91 Å². The zero-order chi connectivity index (χ0) is 16.3. The molecule has 1 saturated carbocycles. The minimum absolute atomic E-state index is 0.169. The fourth-order valence-corrected chi connectivity index (χ4v) is 5.28. The molecule has 6 heteroatoms. The van der Waals surface area contributed by atoms with Crippen LogP contribution in [0.3, 0.4) is 0 Å². The lowest BCUT2D eigenvalue weighted by Gasteiger charge is -2.17. The molecule has 1 aliphatic carbocycles. The minimum atomic E-state index is 0.169. The van der Waals surface area contributed by atoms with E-state index < -0.39 is 0 Å². The van der Waals surface area contributed by atoms with Crippen LogP contribution in [-0.2, 0) is 7.05 Å². The Morgan fingerprint density at radius 2 is 2.17 bits per heavy atom. The molecule has 124 valence electrons. The van der Waals surface area contributed by atoms with Gasteiger partial charge in [-0.1, -0.05) is 13.8 Å². The highest BCUT2D eigenvalue weighted by Crippen LogP contribution is 2.39. The van der Waals surface area contributed by atoms with Crippen LogP contribution in [0.5, 0.6) is 0 Å². The van der Waals surface area contributed by atoms with Crippen molar-refractivity contribution in [1.82, 2.24) is 14.7 Å². The Hall–Kier alpha value is -1.40. The van der Waals surface area contributed by atoms with Gasteiger partial charge < -0.3 is 10.6 Å². The molecule has 2 N–H and O–H groups in total. The van der Waals surface area contributed by atoms with Gasteiger partial charge in [-0.3, -0.25) is 9.48 Å². The van der Waals surface area contributed by atoms with Crippen molar-refractivity contribution in [2.24, 2.45) is 24.6 Å². The molecule has 5 nitrogen and oxygen atoms in total. The summed E-state index contributed by atoms with van der Waals surface area (Å²) in [5.74, 6) is 1.64. The lowest BCUT2D eigenvalue weighted by atomic mass is 9.98. The second-order valence-corrected chi connectivity index (χ2v) is 8.40. The van der Waals surface area contributed by atoms with Crippen molar-refractivity contribution in [2.45, 2.75) is 38.6 Å². The molecule has 2 fully saturated rings. The van der Waals surface area contributed by atoms with E-state index in [0.29, 0.717) is 17.8 Å². The molecule has 23 heavy (non-hydrogen) atoms. The quantitative estimate of drug-likeness (QED) is 0.919. The van der Waals surface area contributed by atoms with E-state index >= 15 is 0 Å². The van der Waals surface area contributed by atoms with E-state index in [4.69, 9.17) is 5.73 Å². The first-order valence-electron chi connectivity index (χ1n) is 8.47. The van der Waals surface area contributed by atoms with Crippen molar-refractivity contribution in [2.75, 3.05) is 13.1 Å². The molecule has 0 aromatic carbocycles. The van der Waals surface area contributed by atoms with Crippen molar-refractivity contribution in [3.05, 3.63) is 16.6 Å². The monoisotopic (exact) mass is 332 g/mol. The number of hydrogen-bond acceptors (Lipinski definition) is 4. The maximum absolute atomic E-state index is 12.9. The first-order chi connectivity index (χ1) is 11.0. The lowest BCUT2D eigenvalue weighted by Crippen LogP contribution is -2.33. The number of nitrogens with two attached hydrogens (primary N) is 1. The summed E-state index contributed by atoms with van der Waals surface area (Å²) in [6, 6.07) is 2.32. The summed E-state index contributed by atoms with van der Waals surface area (Å²) in [7, 11) is 1.96. The van der Waals surface area contributed by atoms with Crippen molar-refractivity contribution < 1.29 is 4.79 Å². The third-order valence-electron chi connectivity index (χ3n) is 5.50. The molecule has 1 aliphatic heterocycles. The van der Waals surface area contributed by atoms with Gasteiger partial charge in [0.2, 0.25) is 0 Å². The lowest BCUT2D eigenvalue weighted by molar-refractivity contribution is 0.0784. The summed E-state index contributed by atoms with van der Waals surface area (Å²) in [4.78, 5) is 16.9. The molecule has 2 aromatic heterocycles. The molecule has 1 amide bonds. The number of amides is 1. The Bertz CT molecular complexity index is 762. The fourth-order valence-electron chi connectivity index (χ4n) is 4.23. The van der Waals surface area contributed by atoms with E-state index in [9.17, 15) is 4.79 Å². The Labute approximate surface area is 140 Å². The van der Waals surface area contributed by atoms with Crippen molar-refractivity contribution >= 4 is 27.5 Å². The number of nitrogens with zero attached hydrogens (tertiary/aromatic N) is 3. The van der Waals surface area contributed by atoms with Gasteiger partial charge in [0.1, 0.15) is 4.83 Å². The van der Waals surface area contributed by atoms with Crippen LogP contribution >= 0.6 is 11.3 Å². The normalized spacial score (nSPS) is 27.3. The summed E-state index contributed by atoms with van der Waals surface area (Å²) in [5.41, 5.74) is 7.27. The van der Waals surface area contributed by atoms with Crippen LogP contribution in [0.15, 0.2) is 6.07 Å². The first-order valence-corrected chi connectivity index (χ1v) is 9.28. The van der Waals surface area contributed by atoms with Crippen LogP contribution < -0.4 is 5.73 Å². The van der Waals surface area contributed by atoms with Crippen molar-refractivity contribution in [3.63, 3.8) is 0 Å². The predicted octanol–water partition coefficient (Wildman–Crippen LogP) is 2.57. The number of carbonyl (C=O) groups is 1. The average Bonchev–Trinajstić information content (AvgIpc) is 3.22. The molecular weight excluding hydrogens is 308 g/mol. The standard InChI is InChI=1S/C17H24N4OS/c1-9(2)15-11-6-14(23-17(11)20(3)19-15)16(22)21-7-10-4-5-13(18)12(10)8-21/h6,9-10,12-13H,4-5,7-8,18H2,1-3H3. The molecule has 0 spiro atoms. The Morgan fingerprint density at radius 3 is 2.87 bits per heavy atom. The minimum Gasteiger partial charge on any atom is -0.337 e. The van der Waals surface area contributed by atoms with Gasteiger partial charge in [0.05, 0.1) is 10.6 Å². The van der Waals surface area contributed by atoms with Crippen LogP contribution in [0.4, 0.5) is 0 Å². The van der Waals surface area contributed by atoms with E-state index in [1.807, 2.05) is 22.7 Å². The van der Waals surface area contributed by atoms with E-state index in [-0.39, 0.29) is 11.9 Å². The molecule has 3 heterocycles. The Kier molecular flexibility index (Phi) is 3.50. The smallest absolute Gasteiger partial charge is 0.264 e. The zero-order valence-electron chi connectivity index (χ0n) is 14.0. The van der Waals surface area contributed by atoms with E-state index in [1.165, 1.54) is 6.42 Å². The molecule has 3 unspecified atom stereocenters. The highest BCUT2D eigenvalue weighted by molar-refractivity contribution is 7.20. The second kappa shape index (κ2) is 5.31. The second-order valence-electron chi connectivity index (χ2n) is 7.37. The SMILES string of the molecule is CC(C)c1nn(C)c2sc(C(=O)N3CC4CCC(N)C4C3)cc12. The maximum atomic E-state index is 12.9. The van der Waals surface area contributed by atoms with E-state index in [0.717, 1.165) is 40.3 Å². The third-order valence-corrected chi connectivity index (χ3v) is 6.69. The van der Waals surface area contributed by atoms with Crippen molar-refractivity contribution in [3.8, 4) is 0 Å². The van der Waals surface area contributed by atoms with Gasteiger partial charge in [0.15, 0.2) is 0 Å². The fraction of sp³-hybridized carbons (Fsp3) is 0.647. The van der Waals surface area contributed by atoms with Gasteiger partial charge in [-0.25, -0.2) is 0 Å². The number of fused-ring (bicyclic) bond motifs is 2. The molecule has 1 saturated heterocycles. The number of likely N-dealkylation sites (tertiary alicyclic amines) is 1. The van der Waals surface area contributed by atoms with Crippen LogP contribution in [-0.4, -0.2) is 39.7 Å². The highest BCUT2D eigenvalue weighted by Gasteiger charge is 2.42. The summed E-state index contributed by atoms with van der Waals surface area (Å²) >= 11 is 1.56. The molecule has 0 radical (unpaired) electrons. The number of thiophene rings is 1. The third kappa shape index (κ3) is 2.31. The van der Waals surface area contributed by atoms with E-state index in [2.05, 4.69) is 18.9 Å². The molecular formula is C17H24N4OS. The summed E-state index contributed by atoms with van der Waals surface area (Å²) in [5, 5.41) is 5.72. The highest BCUT2D eigenvalue weighted by atomic mass is 32.1. The summed E-state index contributed by atoms with van der Waals surface area (Å²) < 4.78 is 1.90. The van der Waals surface area contributed by atoms with E-state index in [1.54, 1.807) is 11.3 Å². The van der Waals surface area contributed by atoms with Crippen LogP contribution in [0.1, 0.15) is 48.0 Å². The van der Waals surface area contributed by atoms with Gasteiger partial charge in [0, 0.05) is 31.6 Å². The average molecular weight is 332 g/mol. The number of aromatic nitrogens is 2. The molecule has 0 bridgehead atoms. The predicted molar refractivity (Wildman–Crippen MR) is 92.8 cm³/mol. The Balaban J connectivity index is 1.62. The van der Waals surface area contributed by atoms with Gasteiger partial charge >= 0.3 is 0 Å². The number of rotatable bonds is 2. The zero-order valence-corrected chi connectivity index (χ0v) is 14.8. The van der Waals surface area contributed by atoms with Gasteiger partial charge in [-0.05, 0) is 36.7 Å². The van der Waals surface area contributed by atoms with Crippen LogP contribution in [0.2, 0.25) is 0 Å². The largest absolute Gasteiger partial charge is 0.337 e. The number of carbonyl (C=O) groups excluding carboxylic acids is 1. The van der Waals surface area contributed by atoms with Gasteiger partial charge in [-0.15, -0.1) is 11.3 Å². The molecule has 2 aliphatic rings. The summed E-state index contributed by atoms with van der Waals surface area (Å²) in [6.45, 7) is 5.99. The van der Waals surface area contributed by atoms with Crippen LogP contribution in [0.25, 0.3) is 10.2 Å². The maximum Gasteiger partial charge on any atom is 0.264 e. The van der Waals surface area contributed by atoms with Crippen molar-refractivity contribution in [1.29, 1.82) is 0 Å². The molecule has 2 aromatic rings. The number of aryl methyl sites for hydroxylation is 1. The molecule has 4 rings (SSSR count). The number of hydrogen-bond donors (Lipinski definition) is 1. The molecule has 3 atom stereocenters. The summed E-state index contributed by atoms with van der Waals surface area (Å²) in [6.07, 6.45) is 2.28. The first kappa shape index (κ1) is 15.1. The topological polar surface area (TPSA) is 64.2 Å². The Morgan fingerprint density at radius 1 is 1.39 bits per heavy atom. The van der Waals surface area contributed by atoms with Gasteiger partial charge in [-0.2, -0.15) is 5.10 Å². The van der Waals surface area contributed by atoms with Crippen LogP contribution in [0, 0.1) is 11.8 Å².